The van der Waals surface area contributed by atoms with Crippen LogP contribution < -0.4 is 0 Å². The Morgan fingerprint density at radius 2 is 1.85 bits per heavy atom. The average Bonchev–Trinajstić information content (AvgIpc) is 1.99. The van der Waals surface area contributed by atoms with Crippen LogP contribution in [-0.2, 0) is 4.79 Å². The Labute approximate surface area is 82.2 Å². The Balaban J connectivity index is 3.86. The van der Waals surface area contributed by atoms with Crippen LogP contribution in [0.5, 0.6) is 0 Å². The molecule has 0 radical (unpaired) electrons. The molecule has 0 aliphatic rings. The Bertz CT molecular complexity index is 184. The molecule has 0 aromatic carbocycles. The Morgan fingerprint density at radius 3 is 2.23 bits per heavy atom. The maximum Gasteiger partial charge on any atom is 0.142 e. The molecule has 0 N–H and O–H groups in total. The molecule has 0 saturated carbocycles. The third-order valence-electron chi connectivity index (χ3n) is 2.13. The van der Waals surface area contributed by atoms with Crippen molar-refractivity contribution in [3.63, 3.8) is 0 Å². The van der Waals surface area contributed by atoms with Gasteiger partial charge in [-0.1, -0.05) is 46.3 Å². The Morgan fingerprint density at radius 1 is 1.31 bits per heavy atom. The molecular formula is C12H22O. The molecule has 0 aliphatic carbocycles. The van der Waals surface area contributed by atoms with E-state index in [0.717, 1.165) is 18.4 Å². The van der Waals surface area contributed by atoms with Gasteiger partial charge in [0.2, 0.25) is 0 Å². The van der Waals surface area contributed by atoms with Gasteiger partial charge in [0, 0.05) is 11.8 Å². The fourth-order valence-electron chi connectivity index (χ4n) is 1.01. The van der Waals surface area contributed by atoms with Gasteiger partial charge >= 0.3 is 0 Å². The van der Waals surface area contributed by atoms with Crippen LogP contribution in [-0.4, -0.2) is 5.78 Å². The number of Topliss-reactive ketones (excluding diaryl/α,β-unsaturated/α-hetero) is 1. The van der Waals surface area contributed by atoms with Crippen molar-refractivity contribution in [1.29, 1.82) is 0 Å². The quantitative estimate of drug-likeness (QED) is 0.592. The van der Waals surface area contributed by atoms with Crippen LogP contribution in [0.15, 0.2) is 12.2 Å². The largest absolute Gasteiger partial charge is 0.299 e. The minimum absolute atomic E-state index is 0.213. The van der Waals surface area contributed by atoms with Crippen LogP contribution in [0.3, 0.4) is 0 Å². The molecule has 0 rings (SSSR count). The van der Waals surface area contributed by atoms with E-state index in [9.17, 15) is 4.79 Å². The molecule has 0 aromatic rings. The first-order chi connectivity index (χ1) is 5.88. The molecule has 76 valence electrons. The maximum atomic E-state index is 11.6. The van der Waals surface area contributed by atoms with E-state index in [1.807, 2.05) is 20.8 Å². The SMILES string of the molecule is C=C(CCCC)CC(=O)C(C)(C)C. The minimum Gasteiger partial charge on any atom is -0.299 e. The average molecular weight is 182 g/mol. The first-order valence-corrected chi connectivity index (χ1v) is 5.08. The van der Waals surface area contributed by atoms with Crippen LogP contribution >= 0.6 is 0 Å². The molecule has 1 heteroatoms. The number of hydrogen-bond donors (Lipinski definition) is 0. The summed E-state index contributed by atoms with van der Waals surface area (Å²) in [6.45, 7) is 12.0. The predicted octanol–water partition coefficient (Wildman–Crippen LogP) is 3.74. The summed E-state index contributed by atoms with van der Waals surface area (Å²) in [7, 11) is 0. The molecule has 0 saturated heterocycles. The lowest BCUT2D eigenvalue weighted by molar-refractivity contribution is -0.125. The number of ketones is 1. The van der Waals surface area contributed by atoms with Crippen molar-refractivity contribution >= 4 is 5.78 Å². The number of rotatable bonds is 5. The predicted molar refractivity (Wildman–Crippen MR) is 57.7 cm³/mol. The van der Waals surface area contributed by atoms with E-state index in [4.69, 9.17) is 0 Å². The second kappa shape index (κ2) is 5.21. The monoisotopic (exact) mass is 182 g/mol. The molecule has 0 heterocycles. The summed E-state index contributed by atoms with van der Waals surface area (Å²) in [5, 5.41) is 0. The van der Waals surface area contributed by atoms with E-state index in [2.05, 4.69) is 13.5 Å². The third-order valence-corrected chi connectivity index (χ3v) is 2.13. The van der Waals surface area contributed by atoms with Gasteiger partial charge < -0.3 is 0 Å². The molecular weight excluding hydrogens is 160 g/mol. The summed E-state index contributed by atoms with van der Waals surface area (Å²) in [6.07, 6.45) is 3.88. The van der Waals surface area contributed by atoms with Crippen molar-refractivity contribution in [2.45, 2.75) is 53.4 Å². The van der Waals surface area contributed by atoms with Crippen molar-refractivity contribution in [3.8, 4) is 0 Å². The number of unbranched alkanes of at least 4 members (excludes halogenated alkanes) is 1. The highest BCUT2D eigenvalue weighted by Crippen LogP contribution is 2.20. The highest BCUT2D eigenvalue weighted by Gasteiger charge is 2.20. The molecule has 0 unspecified atom stereocenters. The van der Waals surface area contributed by atoms with Gasteiger partial charge in [0.1, 0.15) is 5.78 Å². The van der Waals surface area contributed by atoms with Gasteiger partial charge in [-0.2, -0.15) is 0 Å². The molecule has 13 heavy (non-hydrogen) atoms. The lowest BCUT2D eigenvalue weighted by atomic mass is 9.86. The van der Waals surface area contributed by atoms with E-state index in [-0.39, 0.29) is 5.41 Å². The number of allylic oxidation sites excluding steroid dienone is 1. The van der Waals surface area contributed by atoms with Crippen molar-refractivity contribution in [1.82, 2.24) is 0 Å². The summed E-state index contributed by atoms with van der Waals surface area (Å²) in [4.78, 5) is 11.6. The van der Waals surface area contributed by atoms with E-state index in [1.54, 1.807) is 0 Å². The second-order valence-electron chi connectivity index (χ2n) is 4.70. The van der Waals surface area contributed by atoms with Crippen LogP contribution in [0.25, 0.3) is 0 Å². The summed E-state index contributed by atoms with van der Waals surface area (Å²) in [5.74, 6) is 0.300. The molecule has 0 amide bonds. The van der Waals surface area contributed by atoms with Crippen LogP contribution in [0, 0.1) is 5.41 Å². The summed E-state index contributed by atoms with van der Waals surface area (Å²) < 4.78 is 0. The van der Waals surface area contributed by atoms with E-state index >= 15 is 0 Å². The van der Waals surface area contributed by atoms with Crippen molar-refractivity contribution < 1.29 is 4.79 Å². The Hall–Kier alpha value is -0.590. The number of hydrogen-bond acceptors (Lipinski definition) is 1. The van der Waals surface area contributed by atoms with Crippen molar-refractivity contribution in [2.24, 2.45) is 5.41 Å². The van der Waals surface area contributed by atoms with E-state index in [1.165, 1.54) is 6.42 Å². The zero-order valence-electron chi connectivity index (χ0n) is 9.44. The first-order valence-electron chi connectivity index (χ1n) is 5.08. The van der Waals surface area contributed by atoms with Crippen LogP contribution in [0.1, 0.15) is 53.4 Å². The highest BCUT2D eigenvalue weighted by molar-refractivity contribution is 5.85. The van der Waals surface area contributed by atoms with E-state index < -0.39 is 0 Å². The van der Waals surface area contributed by atoms with Gasteiger partial charge in [-0.25, -0.2) is 0 Å². The fraction of sp³-hybridized carbons (Fsp3) is 0.750. The number of carbonyl (C=O) groups excluding carboxylic acids is 1. The normalized spacial score (nSPS) is 11.4. The van der Waals surface area contributed by atoms with Gasteiger partial charge in [0.25, 0.3) is 0 Å². The molecule has 0 aromatic heterocycles. The molecule has 0 spiro atoms. The third kappa shape index (κ3) is 5.62. The highest BCUT2D eigenvalue weighted by atomic mass is 16.1. The molecule has 0 fully saturated rings. The first kappa shape index (κ1) is 12.4. The van der Waals surface area contributed by atoms with Crippen LogP contribution in [0.4, 0.5) is 0 Å². The zero-order chi connectivity index (χ0) is 10.5. The standard InChI is InChI=1S/C12H22O/c1-6-7-8-10(2)9-11(13)12(3,4)5/h2,6-9H2,1,3-5H3. The maximum absolute atomic E-state index is 11.6. The van der Waals surface area contributed by atoms with Gasteiger partial charge in [-0.05, 0) is 12.8 Å². The summed E-state index contributed by atoms with van der Waals surface area (Å²) in [5.41, 5.74) is 0.872. The lowest BCUT2D eigenvalue weighted by Gasteiger charge is -2.17. The minimum atomic E-state index is -0.213. The fourth-order valence-corrected chi connectivity index (χ4v) is 1.01. The topological polar surface area (TPSA) is 17.1 Å². The molecule has 0 bridgehead atoms. The lowest BCUT2D eigenvalue weighted by Crippen LogP contribution is -2.20. The smallest absolute Gasteiger partial charge is 0.142 e. The van der Waals surface area contributed by atoms with Crippen LogP contribution in [0.2, 0.25) is 0 Å². The summed E-state index contributed by atoms with van der Waals surface area (Å²) >= 11 is 0. The zero-order valence-corrected chi connectivity index (χ0v) is 9.44. The van der Waals surface area contributed by atoms with E-state index in [0.29, 0.717) is 12.2 Å². The van der Waals surface area contributed by atoms with Crippen molar-refractivity contribution in [3.05, 3.63) is 12.2 Å². The molecule has 0 atom stereocenters. The van der Waals surface area contributed by atoms with Gasteiger partial charge in [-0.15, -0.1) is 0 Å². The van der Waals surface area contributed by atoms with Gasteiger partial charge in [0.15, 0.2) is 0 Å². The second-order valence-corrected chi connectivity index (χ2v) is 4.70. The Kier molecular flexibility index (Phi) is 4.97. The molecule has 0 aliphatic heterocycles. The number of carbonyl (C=O) groups is 1. The van der Waals surface area contributed by atoms with Gasteiger partial charge in [-0.3, -0.25) is 4.79 Å². The van der Waals surface area contributed by atoms with Gasteiger partial charge in [0.05, 0.1) is 0 Å². The van der Waals surface area contributed by atoms with Crippen molar-refractivity contribution in [2.75, 3.05) is 0 Å². The molecule has 1 nitrogen and oxygen atoms in total. The summed E-state index contributed by atoms with van der Waals surface area (Å²) in [6, 6.07) is 0.